The van der Waals surface area contributed by atoms with Gasteiger partial charge in [0.25, 0.3) is 0 Å². The molecular weight excluding hydrogens is 518 g/mol. The number of hydrogen-bond donors (Lipinski definition) is 0. The lowest BCUT2D eigenvalue weighted by molar-refractivity contribution is 0.480. The van der Waals surface area contributed by atoms with Gasteiger partial charge in [0.05, 0.1) is 6.20 Å². The second-order valence-corrected chi connectivity index (χ2v) is 8.72. The number of halogens is 1. The first-order valence-electron chi connectivity index (χ1n) is 12.0. The third-order valence-corrected chi connectivity index (χ3v) is 5.23. The van der Waals surface area contributed by atoms with Crippen molar-refractivity contribution in [3.8, 4) is 47.5 Å². The fourth-order valence-electron chi connectivity index (χ4n) is 3.34. The summed E-state index contributed by atoms with van der Waals surface area (Å²) in [6.45, 7) is 3.82. The first-order chi connectivity index (χ1) is 19.5. The number of rotatable bonds is 2. The number of hydrogen-bond acceptors (Lipinski definition) is 6. The molecule has 6 nitrogen and oxygen atoms in total. The van der Waals surface area contributed by atoms with Crippen LogP contribution in [0.15, 0.2) is 91.8 Å². The van der Waals surface area contributed by atoms with Gasteiger partial charge in [-0.05, 0) is 91.9 Å². The quantitative estimate of drug-likeness (QED) is 0.249. The van der Waals surface area contributed by atoms with Crippen molar-refractivity contribution in [1.29, 1.82) is 0 Å². The zero-order valence-electron chi connectivity index (χ0n) is 21.8. The smallest absolute Gasteiger partial charge is 0.145 e. The van der Waals surface area contributed by atoms with Gasteiger partial charge in [-0.15, -0.1) is 6.42 Å². The van der Waals surface area contributed by atoms with E-state index in [2.05, 4.69) is 54.5 Å². The topological polar surface area (TPSA) is 73.7 Å². The lowest BCUT2D eigenvalue weighted by atomic mass is 10.1. The van der Waals surface area contributed by atoms with Crippen LogP contribution in [-0.2, 0) is 0 Å². The fourth-order valence-corrected chi connectivity index (χ4v) is 3.56. The van der Waals surface area contributed by atoms with Gasteiger partial charge < -0.3 is 4.74 Å². The SMILES string of the molecule is C#Cc1cc(C)cc(C#Cc2ccncn2)c1.Cc1nccc(C#Cc2cc(Cl)cc(Oc3cccnc3)c2)n1. The van der Waals surface area contributed by atoms with E-state index in [1.165, 1.54) is 6.33 Å². The Labute approximate surface area is 238 Å². The molecule has 40 heavy (non-hydrogen) atoms. The standard InChI is InChI=1S/C18H12ClN3O.C15H10N2/c1-13-21-8-6-16(22-13)5-4-14-9-15(19)11-18(10-14)23-17-3-2-7-20-12-17;1-3-13-8-12(2)9-14(10-13)4-5-15-6-7-16-11-17-15/h2-3,6-12H,1H3;1,6-11H,2H3. The van der Waals surface area contributed by atoms with Crippen LogP contribution in [0.1, 0.15) is 39.5 Å². The van der Waals surface area contributed by atoms with E-state index in [0.717, 1.165) is 22.3 Å². The molecular formula is C33H22ClN5O. The van der Waals surface area contributed by atoms with Crippen LogP contribution in [0.5, 0.6) is 11.5 Å². The zero-order valence-corrected chi connectivity index (χ0v) is 22.5. The predicted molar refractivity (Wildman–Crippen MR) is 156 cm³/mol. The molecule has 0 aliphatic carbocycles. The molecule has 3 aromatic heterocycles. The minimum Gasteiger partial charge on any atom is -0.456 e. The summed E-state index contributed by atoms with van der Waals surface area (Å²) < 4.78 is 5.73. The predicted octanol–water partition coefficient (Wildman–Crippen LogP) is 6.19. The van der Waals surface area contributed by atoms with Crippen molar-refractivity contribution in [3.63, 3.8) is 0 Å². The normalized spacial score (nSPS) is 9.45. The van der Waals surface area contributed by atoms with Crippen molar-refractivity contribution < 1.29 is 4.74 Å². The number of aromatic nitrogens is 5. The van der Waals surface area contributed by atoms with Gasteiger partial charge in [-0.3, -0.25) is 4.98 Å². The molecule has 0 aliphatic rings. The van der Waals surface area contributed by atoms with E-state index in [4.69, 9.17) is 22.8 Å². The molecule has 0 saturated carbocycles. The molecule has 192 valence electrons. The number of benzene rings is 2. The number of aryl methyl sites for hydroxylation is 2. The number of terminal acetylenes is 1. The van der Waals surface area contributed by atoms with Crippen LogP contribution in [0.2, 0.25) is 5.02 Å². The highest BCUT2D eigenvalue weighted by Gasteiger charge is 2.02. The lowest BCUT2D eigenvalue weighted by Crippen LogP contribution is -1.89. The monoisotopic (exact) mass is 539 g/mol. The molecule has 0 atom stereocenters. The van der Waals surface area contributed by atoms with Crippen molar-refractivity contribution in [2.24, 2.45) is 0 Å². The number of pyridine rings is 1. The van der Waals surface area contributed by atoms with Crippen molar-refractivity contribution in [2.45, 2.75) is 13.8 Å². The van der Waals surface area contributed by atoms with Gasteiger partial charge in [0.15, 0.2) is 0 Å². The molecule has 0 spiro atoms. The Kier molecular flexibility index (Phi) is 9.57. The van der Waals surface area contributed by atoms with Crippen molar-refractivity contribution in [3.05, 3.63) is 136 Å². The van der Waals surface area contributed by atoms with E-state index >= 15 is 0 Å². The lowest BCUT2D eigenvalue weighted by Gasteiger charge is -2.06. The third-order valence-electron chi connectivity index (χ3n) is 5.01. The summed E-state index contributed by atoms with van der Waals surface area (Å²) in [5, 5.41) is 0.551. The molecule has 3 heterocycles. The largest absolute Gasteiger partial charge is 0.456 e. The second-order valence-electron chi connectivity index (χ2n) is 8.28. The van der Waals surface area contributed by atoms with Gasteiger partial charge in [-0.2, -0.15) is 0 Å². The Morgan fingerprint density at radius 1 is 0.725 bits per heavy atom. The maximum absolute atomic E-state index is 6.13. The van der Waals surface area contributed by atoms with Gasteiger partial charge in [0.1, 0.15) is 35.0 Å². The summed E-state index contributed by atoms with van der Waals surface area (Å²) >= 11 is 6.13. The van der Waals surface area contributed by atoms with Gasteiger partial charge in [-0.25, -0.2) is 19.9 Å². The number of nitrogens with zero attached hydrogens (tertiary/aromatic N) is 5. The summed E-state index contributed by atoms with van der Waals surface area (Å²) in [5.41, 5.74) is 4.95. The highest BCUT2D eigenvalue weighted by Crippen LogP contribution is 2.25. The van der Waals surface area contributed by atoms with Crippen LogP contribution in [0.4, 0.5) is 0 Å². The average Bonchev–Trinajstić information content (AvgIpc) is 2.96. The molecule has 5 aromatic rings. The molecule has 2 aromatic carbocycles. The second kappa shape index (κ2) is 13.9. The molecule has 7 heteroatoms. The van der Waals surface area contributed by atoms with Crippen LogP contribution in [0, 0.1) is 49.9 Å². The summed E-state index contributed by atoms with van der Waals surface area (Å²) in [4.78, 5) is 20.2. The number of ether oxygens (including phenoxy) is 1. The molecule has 0 saturated heterocycles. The van der Waals surface area contributed by atoms with Crippen LogP contribution in [0.25, 0.3) is 0 Å². The molecule has 5 rings (SSSR count). The first-order valence-corrected chi connectivity index (χ1v) is 12.4. The van der Waals surface area contributed by atoms with Crippen molar-refractivity contribution in [2.75, 3.05) is 0 Å². The summed E-state index contributed by atoms with van der Waals surface area (Å²) in [6.07, 6.45) is 13.5. The van der Waals surface area contributed by atoms with Gasteiger partial charge in [-0.1, -0.05) is 29.4 Å². The zero-order chi connectivity index (χ0) is 28.2. The Hall–Kier alpha value is -5.48. The van der Waals surface area contributed by atoms with E-state index in [-0.39, 0.29) is 0 Å². The Bertz CT molecular complexity index is 1780. The molecule has 0 aliphatic heterocycles. The van der Waals surface area contributed by atoms with Crippen molar-refractivity contribution >= 4 is 11.6 Å². The van der Waals surface area contributed by atoms with Gasteiger partial charge in [0, 0.05) is 40.3 Å². The summed E-state index contributed by atoms with van der Waals surface area (Å²) in [6, 6.07) is 18.3. The van der Waals surface area contributed by atoms with E-state index in [1.807, 2.05) is 44.2 Å². The molecule has 0 N–H and O–H groups in total. The highest BCUT2D eigenvalue weighted by molar-refractivity contribution is 6.30. The fraction of sp³-hybridized carbons (Fsp3) is 0.0606. The molecule has 0 unspecified atom stereocenters. The third kappa shape index (κ3) is 8.82. The van der Waals surface area contributed by atoms with Crippen molar-refractivity contribution in [1.82, 2.24) is 24.9 Å². The van der Waals surface area contributed by atoms with Crippen LogP contribution < -0.4 is 4.74 Å². The Morgan fingerprint density at radius 3 is 2.23 bits per heavy atom. The maximum atomic E-state index is 6.13. The minimum absolute atomic E-state index is 0.551. The Morgan fingerprint density at radius 2 is 1.50 bits per heavy atom. The van der Waals surface area contributed by atoms with E-state index in [0.29, 0.717) is 33.7 Å². The first kappa shape index (κ1) is 27.6. The minimum atomic E-state index is 0.551. The van der Waals surface area contributed by atoms with Crippen LogP contribution >= 0.6 is 11.6 Å². The molecule has 0 amide bonds. The van der Waals surface area contributed by atoms with Gasteiger partial charge >= 0.3 is 0 Å². The Balaban J connectivity index is 0.000000194. The average molecular weight is 540 g/mol. The van der Waals surface area contributed by atoms with E-state index < -0.39 is 0 Å². The van der Waals surface area contributed by atoms with E-state index in [1.54, 1.807) is 55.1 Å². The maximum Gasteiger partial charge on any atom is 0.145 e. The summed E-state index contributed by atoms with van der Waals surface area (Å²) in [5.74, 6) is 16.6. The van der Waals surface area contributed by atoms with Gasteiger partial charge in [0.2, 0.25) is 0 Å². The summed E-state index contributed by atoms with van der Waals surface area (Å²) in [7, 11) is 0. The van der Waals surface area contributed by atoms with Crippen LogP contribution in [0.3, 0.4) is 0 Å². The molecule has 0 fully saturated rings. The van der Waals surface area contributed by atoms with Crippen LogP contribution in [-0.4, -0.2) is 24.9 Å². The van der Waals surface area contributed by atoms with E-state index in [9.17, 15) is 0 Å². The highest BCUT2D eigenvalue weighted by atomic mass is 35.5. The molecule has 0 bridgehead atoms. The molecule has 0 radical (unpaired) electrons.